The molecule has 0 amide bonds. The topological polar surface area (TPSA) is 283 Å². The first kappa shape index (κ1) is 30.0. The summed E-state index contributed by atoms with van der Waals surface area (Å²) in [7, 11) is -10.4. The quantitative estimate of drug-likeness (QED) is 0.158. The van der Waals surface area contributed by atoms with Crippen LogP contribution in [0.2, 0.25) is 0 Å². The number of hydrogen-bond acceptors (Lipinski definition) is 16. The van der Waals surface area contributed by atoms with Crippen LogP contribution in [0.4, 0.5) is 0 Å². The van der Waals surface area contributed by atoms with Crippen molar-refractivity contribution in [1.82, 2.24) is 18.9 Å². The van der Waals surface area contributed by atoms with Gasteiger partial charge in [-0.2, -0.15) is 16.8 Å². The lowest BCUT2D eigenvalue weighted by Crippen LogP contribution is -2.36. The Morgan fingerprint density at radius 3 is 0.938 bits per heavy atom. The zero-order chi connectivity index (χ0) is 34.8. The Balaban J connectivity index is 1.26. The van der Waals surface area contributed by atoms with E-state index in [1.165, 1.54) is 0 Å². The second kappa shape index (κ2) is 9.43. The van der Waals surface area contributed by atoms with E-state index in [9.17, 15) is 65.6 Å². The van der Waals surface area contributed by atoms with Gasteiger partial charge in [0.1, 0.15) is 9.79 Å². The lowest BCUT2D eigenvalue weighted by molar-refractivity contribution is 0.170. The molecule has 0 saturated heterocycles. The lowest BCUT2D eigenvalue weighted by atomic mass is 10.1. The van der Waals surface area contributed by atoms with Gasteiger partial charge in [0.2, 0.25) is 0 Å². The first-order chi connectivity index (χ1) is 22.4. The van der Waals surface area contributed by atoms with E-state index in [-0.39, 0.29) is 18.9 Å². The molecule has 0 fully saturated rings. The first-order valence-corrected chi connectivity index (χ1v) is 15.5. The molecular formula is C26H10N4O16S2. The predicted molar refractivity (Wildman–Crippen MR) is 158 cm³/mol. The Bertz CT molecular complexity index is 2920. The monoisotopic (exact) mass is 698 g/mol. The van der Waals surface area contributed by atoms with Gasteiger partial charge in [-0.05, 0) is 42.5 Å². The molecule has 4 aromatic heterocycles. The molecule has 2 N–H and O–H groups in total. The third-order valence-corrected chi connectivity index (χ3v) is 9.75. The summed E-state index contributed by atoms with van der Waals surface area (Å²) in [4.78, 5) is 97.8. The van der Waals surface area contributed by atoms with Crippen LogP contribution < -0.4 is 53.0 Å². The van der Waals surface area contributed by atoms with Crippen molar-refractivity contribution in [1.29, 1.82) is 0 Å². The van der Waals surface area contributed by atoms with E-state index in [1.807, 2.05) is 0 Å². The minimum absolute atomic E-state index is 0.222. The van der Waals surface area contributed by atoms with Gasteiger partial charge < -0.3 is 10.4 Å². The highest BCUT2D eigenvalue weighted by Gasteiger charge is 2.29. The SMILES string of the molecule is O=c1c2cc3c(=O)n(OS(=O)(=O)c4cccc(S(=O)(=O)On5c(=O)c6cc7c(=O)n(O)c(=O)c7cc6c5=O)c4)c(=O)c3cc2c(=O)n1O. The van der Waals surface area contributed by atoms with Crippen molar-refractivity contribution in [3.05, 3.63) is 131 Å². The standard InChI is InChI=1S/C26H10N4O16S2/c31-19-11-5-15-16(6-12(11)20(32)27(19)39)24(36)29(23(15)35)45-47(41,42)9-2-1-3-10(4-9)48(43,44)46-30-25(37)17-7-13-14(8-18(17)26(30)38)22(34)28(40)21(13)33/h1-8,39-40H. The maximum absolute atomic E-state index is 13.1. The average Bonchev–Trinajstić information content (AvgIpc) is 3.60. The fourth-order valence-electron chi connectivity index (χ4n) is 5.08. The number of aromatic nitrogens is 4. The summed E-state index contributed by atoms with van der Waals surface area (Å²) in [6.45, 7) is 0. The number of benzene rings is 3. The van der Waals surface area contributed by atoms with E-state index < -0.39 is 118 Å². The third kappa shape index (κ3) is 3.92. The summed E-state index contributed by atoms with van der Waals surface area (Å²) in [6.07, 6.45) is 0. The van der Waals surface area contributed by atoms with Gasteiger partial charge in [-0.3, -0.25) is 46.9 Å². The summed E-state index contributed by atoms with van der Waals surface area (Å²) in [5.41, 5.74) is -10.4. The smallest absolute Gasteiger partial charge is 0.357 e. The van der Waals surface area contributed by atoms with Gasteiger partial charge in [-0.15, -0.1) is 9.46 Å². The second-order valence-corrected chi connectivity index (χ2v) is 13.1. The van der Waals surface area contributed by atoms with Gasteiger partial charge in [0, 0.05) is 0 Å². The minimum atomic E-state index is -5.22. The second-order valence-electron chi connectivity index (χ2n) is 10.1. The van der Waals surface area contributed by atoms with Crippen molar-refractivity contribution in [3.8, 4) is 0 Å². The van der Waals surface area contributed by atoms with Crippen LogP contribution in [0.5, 0.6) is 0 Å². The Morgan fingerprint density at radius 2 is 0.667 bits per heavy atom. The van der Waals surface area contributed by atoms with Crippen LogP contribution in [-0.4, -0.2) is 46.2 Å². The Morgan fingerprint density at radius 1 is 0.417 bits per heavy atom. The molecule has 22 heteroatoms. The van der Waals surface area contributed by atoms with Gasteiger partial charge in [-0.1, -0.05) is 15.5 Å². The zero-order valence-corrected chi connectivity index (χ0v) is 24.5. The molecule has 0 atom stereocenters. The minimum Gasteiger partial charge on any atom is -0.422 e. The molecule has 0 unspecified atom stereocenters. The molecule has 0 aliphatic rings. The largest absolute Gasteiger partial charge is 0.422 e. The van der Waals surface area contributed by atoms with Crippen LogP contribution in [0, 0.1) is 0 Å². The first-order valence-electron chi connectivity index (χ1n) is 12.7. The van der Waals surface area contributed by atoms with Crippen LogP contribution >= 0.6 is 0 Å². The molecule has 0 aliphatic heterocycles. The number of rotatable bonds is 6. The molecule has 7 rings (SSSR count). The summed E-state index contributed by atoms with van der Waals surface area (Å²) in [5.74, 6) is 0. The predicted octanol–water partition coefficient (Wildman–Crippen LogP) is -3.75. The van der Waals surface area contributed by atoms with E-state index in [0.29, 0.717) is 6.07 Å². The van der Waals surface area contributed by atoms with Gasteiger partial charge in [0.15, 0.2) is 0 Å². The zero-order valence-electron chi connectivity index (χ0n) is 22.8. The Hall–Kier alpha value is -6.68. The van der Waals surface area contributed by atoms with Gasteiger partial charge in [0.05, 0.1) is 43.1 Å². The number of hydrogen-bond donors (Lipinski definition) is 2. The molecule has 0 bridgehead atoms. The van der Waals surface area contributed by atoms with Crippen molar-refractivity contribution in [2.24, 2.45) is 0 Å². The van der Waals surface area contributed by atoms with E-state index >= 15 is 0 Å². The summed E-state index contributed by atoms with van der Waals surface area (Å²) >= 11 is 0. The van der Waals surface area contributed by atoms with Crippen molar-refractivity contribution in [2.45, 2.75) is 9.79 Å². The molecule has 3 aromatic carbocycles. The van der Waals surface area contributed by atoms with E-state index in [1.54, 1.807) is 0 Å². The highest BCUT2D eigenvalue weighted by atomic mass is 32.2. The molecule has 0 spiro atoms. The Kier molecular flexibility index (Phi) is 5.89. The molecule has 20 nitrogen and oxygen atoms in total. The van der Waals surface area contributed by atoms with Crippen molar-refractivity contribution < 1.29 is 35.8 Å². The van der Waals surface area contributed by atoms with Crippen molar-refractivity contribution in [3.63, 3.8) is 0 Å². The van der Waals surface area contributed by atoms with Crippen molar-refractivity contribution in [2.75, 3.05) is 0 Å². The molecule has 4 heterocycles. The molecule has 0 radical (unpaired) electrons. The fourth-order valence-corrected chi connectivity index (χ4v) is 7.02. The Labute approximate surface area is 259 Å². The summed E-state index contributed by atoms with van der Waals surface area (Å²) in [5, 5.41) is 15.1. The van der Waals surface area contributed by atoms with Crippen LogP contribution in [0.15, 0.2) is 96.7 Å². The van der Waals surface area contributed by atoms with E-state index in [4.69, 9.17) is 0 Å². The molecule has 7 aromatic rings. The van der Waals surface area contributed by atoms with Gasteiger partial charge in [0.25, 0.3) is 44.5 Å². The normalized spacial score (nSPS) is 12.5. The molecule has 242 valence electrons. The lowest BCUT2D eigenvalue weighted by Gasteiger charge is -2.08. The van der Waals surface area contributed by atoms with Crippen molar-refractivity contribution >= 4 is 63.3 Å². The highest BCUT2D eigenvalue weighted by molar-refractivity contribution is 7.87. The van der Waals surface area contributed by atoms with Crippen LogP contribution in [-0.2, 0) is 20.2 Å². The number of fused-ring (bicyclic) bond motifs is 4. The van der Waals surface area contributed by atoms with E-state index in [2.05, 4.69) is 8.57 Å². The molecule has 0 saturated carbocycles. The maximum atomic E-state index is 13.1. The maximum Gasteiger partial charge on any atom is 0.357 e. The van der Waals surface area contributed by atoms with Crippen LogP contribution in [0.25, 0.3) is 43.1 Å². The third-order valence-electron chi connectivity index (χ3n) is 7.39. The van der Waals surface area contributed by atoms with Crippen LogP contribution in [0.1, 0.15) is 0 Å². The molecule has 0 aliphatic carbocycles. The van der Waals surface area contributed by atoms with Gasteiger partial charge in [-0.25, -0.2) is 0 Å². The number of nitrogens with zero attached hydrogens (tertiary/aromatic N) is 4. The molecule has 48 heavy (non-hydrogen) atoms. The average molecular weight is 699 g/mol. The highest BCUT2D eigenvalue weighted by Crippen LogP contribution is 2.19. The van der Waals surface area contributed by atoms with Crippen LogP contribution in [0.3, 0.4) is 0 Å². The molecular weight excluding hydrogens is 688 g/mol. The fraction of sp³-hybridized carbons (Fsp3) is 0. The summed E-state index contributed by atoms with van der Waals surface area (Å²) < 4.78 is 60.8. The van der Waals surface area contributed by atoms with E-state index in [0.717, 1.165) is 42.5 Å². The van der Waals surface area contributed by atoms with Gasteiger partial charge >= 0.3 is 20.2 Å². The summed E-state index contributed by atoms with van der Waals surface area (Å²) in [6, 6.07) is 6.01.